The lowest BCUT2D eigenvalue weighted by Gasteiger charge is -2.21. The van der Waals surface area contributed by atoms with Crippen LogP contribution in [0.25, 0.3) is 0 Å². The summed E-state index contributed by atoms with van der Waals surface area (Å²) in [6.45, 7) is 7.65. The molecule has 2 amide bonds. The van der Waals surface area contributed by atoms with Crippen molar-refractivity contribution in [3.63, 3.8) is 0 Å². The van der Waals surface area contributed by atoms with Gasteiger partial charge in [0, 0.05) is 24.3 Å². The molecule has 28 heavy (non-hydrogen) atoms. The van der Waals surface area contributed by atoms with E-state index in [1.807, 2.05) is 29.2 Å². The van der Waals surface area contributed by atoms with E-state index in [0.717, 1.165) is 32.4 Å². The van der Waals surface area contributed by atoms with E-state index in [1.165, 1.54) is 5.56 Å². The number of amides is 2. The number of carbonyl (C=O) groups is 2. The van der Waals surface area contributed by atoms with Gasteiger partial charge in [-0.2, -0.15) is 0 Å². The predicted octanol–water partition coefficient (Wildman–Crippen LogP) is 4.53. The Balaban J connectivity index is 1.90. The molecule has 0 spiro atoms. The van der Waals surface area contributed by atoms with Gasteiger partial charge in [-0.05, 0) is 61.2 Å². The highest BCUT2D eigenvalue weighted by atomic mass is 16.5. The molecule has 0 saturated carbocycles. The SMILES string of the molecule is CCCN(CCC)C(=O)c1ccc(NC(=O)COc2cccc(CC)c2)cc1. The van der Waals surface area contributed by atoms with Crippen LogP contribution in [0.15, 0.2) is 48.5 Å². The van der Waals surface area contributed by atoms with Gasteiger partial charge in [-0.1, -0.05) is 32.9 Å². The number of benzene rings is 2. The Bertz CT molecular complexity index is 766. The lowest BCUT2D eigenvalue weighted by Crippen LogP contribution is -2.32. The third-order valence-electron chi connectivity index (χ3n) is 4.37. The smallest absolute Gasteiger partial charge is 0.262 e. The Kier molecular flexibility index (Phi) is 8.53. The molecule has 0 radical (unpaired) electrons. The summed E-state index contributed by atoms with van der Waals surface area (Å²) < 4.78 is 5.56. The van der Waals surface area contributed by atoms with Crippen LogP contribution in [-0.4, -0.2) is 36.4 Å². The van der Waals surface area contributed by atoms with Gasteiger partial charge in [0.25, 0.3) is 11.8 Å². The zero-order valence-corrected chi connectivity index (χ0v) is 17.0. The average molecular weight is 383 g/mol. The van der Waals surface area contributed by atoms with Crippen LogP contribution in [0.4, 0.5) is 5.69 Å². The summed E-state index contributed by atoms with van der Waals surface area (Å²) in [6, 6.07) is 14.7. The van der Waals surface area contributed by atoms with Crippen LogP contribution in [-0.2, 0) is 11.2 Å². The molecule has 150 valence electrons. The molecule has 0 aliphatic rings. The molecule has 0 aliphatic heterocycles. The van der Waals surface area contributed by atoms with Crippen LogP contribution in [0, 0.1) is 0 Å². The molecule has 0 fully saturated rings. The van der Waals surface area contributed by atoms with Gasteiger partial charge >= 0.3 is 0 Å². The van der Waals surface area contributed by atoms with Crippen LogP contribution in [0.1, 0.15) is 49.5 Å². The summed E-state index contributed by atoms with van der Waals surface area (Å²) >= 11 is 0. The summed E-state index contributed by atoms with van der Waals surface area (Å²) in [7, 11) is 0. The number of nitrogens with one attached hydrogen (secondary N) is 1. The quantitative estimate of drug-likeness (QED) is 0.657. The van der Waals surface area contributed by atoms with Crippen LogP contribution in [0.2, 0.25) is 0 Å². The molecular weight excluding hydrogens is 352 g/mol. The molecule has 0 saturated heterocycles. The van der Waals surface area contributed by atoms with Crippen LogP contribution >= 0.6 is 0 Å². The Hall–Kier alpha value is -2.82. The number of rotatable bonds is 10. The zero-order valence-electron chi connectivity index (χ0n) is 17.0. The molecule has 0 aliphatic carbocycles. The second kappa shape index (κ2) is 11.1. The fourth-order valence-corrected chi connectivity index (χ4v) is 2.93. The Labute approximate surface area is 167 Å². The second-order valence-corrected chi connectivity index (χ2v) is 6.71. The van der Waals surface area contributed by atoms with Crippen LogP contribution in [0.3, 0.4) is 0 Å². The number of hydrogen-bond acceptors (Lipinski definition) is 3. The fraction of sp³-hybridized carbons (Fsp3) is 0.391. The van der Waals surface area contributed by atoms with E-state index >= 15 is 0 Å². The maximum Gasteiger partial charge on any atom is 0.262 e. The highest BCUT2D eigenvalue weighted by Crippen LogP contribution is 2.15. The van der Waals surface area contributed by atoms with Crippen molar-refractivity contribution in [3.8, 4) is 5.75 Å². The maximum atomic E-state index is 12.6. The van der Waals surface area contributed by atoms with Crippen molar-refractivity contribution in [3.05, 3.63) is 59.7 Å². The molecule has 0 bridgehead atoms. The first-order valence-corrected chi connectivity index (χ1v) is 9.98. The lowest BCUT2D eigenvalue weighted by atomic mass is 10.1. The Morgan fingerprint density at radius 2 is 1.64 bits per heavy atom. The number of nitrogens with zero attached hydrogens (tertiary/aromatic N) is 1. The van der Waals surface area contributed by atoms with Gasteiger partial charge in [0.15, 0.2) is 6.61 Å². The molecule has 5 nitrogen and oxygen atoms in total. The molecule has 0 heterocycles. The molecule has 2 aromatic rings. The number of hydrogen-bond donors (Lipinski definition) is 1. The minimum atomic E-state index is -0.237. The highest BCUT2D eigenvalue weighted by molar-refractivity contribution is 5.96. The van der Waals surface area contributed by atoms with Crippen molar-refractivity contribution in [2.24, 2.45) is 0 Å². The number of aryl methyl sites for hydroxylation is 1. The molecule has 2 aromatic carbocycles. The molecular formula is C23H30N2O3. The third kappa shape index (κ3) is 6.41. The van der Waals surface area contributed by atoms with Crippen molar-refractivity contribution in [1.29, 1.82) is 0 Å². The predicted molar refractivity (Wildman–Crippen MR) is 113 cm³/mol. The van der Waals surface area contributed by atoms with Crippen molar-refractivity contribution >= 4 is 17.5 Å². The van der Waals surface area contributed by atoms with Crippen molar-refractivity contribution < 1.29 is 14.3 Å². The molecule has 1 N–H and O–H groups in total. The van der Waals surface area contributed by atoms with Gasteiger partial charge in [0.1, 0.15) is 5.75 Å². The van der Waals surface area contributed by atoms with E-state index in [1.54, 1.807) is 24.3 Å². The first-order chi connectivity index (χ1) is 13.6. The normalized spacial score (nSPS) is 10.4. The van der Waals surface area contributed by atoms with Gasteiger partial charge in [-0.15, -0.1) is 0 Å². The highest BCUT2D eigenvalue weighted by Gasteiger charge is 2.14. The Morgan fingerprint density at radius 1 is 0.964 bits per heavy atom. The molecule has 5 heteroatoms. The van der Waals surface area contributed by atoms with Crippen LogP contribution < -0.4 is 10.1 Å². The topological polar surface area (TPSA) is 58.6 Å². The fourth-order valence-electron chi connectivity index (χ4n) is 2.93. The number of carbonyl (C=O) groups excluding carboxylic acids is 2. The van der Waals surface area contributed by atoms with E-state index in [0.29, 0.717) is 17.0 Å². The molecule has 0 atom stereocenters. The minimum Gasteiger partial charge on any atom is -0.484 e. The summed E-state index contributed by atoms with van der Waals surface area (Å²) in [6.07, 6.45) is 2.78. The van der Waals surface area contributed by atoms with Crippen LogP contribution in [0.5, 0.6) is 5.75 Å². The average Bonchev–Trinajstić information content (AvgIpc) is 2.72. The van der Waals surface area contributed by atoms with E-state index in [9.17, 15) is 9.59 Å². The maximum absolute atomic E-state index is 12.6. The largest absolute Gasteiger partial charge is 0.484 e. The van der Waals surface area contributed by atoms with Crippen molar-refractivity contribution in [1.82, 2.24) is 4.90 Å². The minimum absolute atomic E-state index is 0.0284. The summed E-state index contributed by atoms with van der Waals surface area (Å²) in [4.78, 5) is 26.6. The van der Waals surface area contributed by atoms with E-state index in [-0.39, 0.29) is 18.4 Å². The van der Waals surface area contributed by atoms with Gasteiger partial charge in [0.2, 0.25) is 0 Å². The summed E-state index contributed by atoms with van der Waals surface area (Å²) in [5, 5.41) is 2.80. The molecule has 0 unspecified atom stereocenters. The number of anilines is 1. The molecule has 2 rings (SSSR count). The van der Waals surface area contributed by atoms with Gasteiger partial charge in [-0.25, -0.2) is 0 Å². The van der Waals surface area contributed by atoms with Crippen molar-refractivity contribution in [2.45, 2.75) is 40.0 Å². The third-order valence-corrected chi connectivity index (χ3v) is 4.37. The van der Waals surface area contributed by atoms with Gasteiger partial charge in [-0.3, -0.25) is 9.59 Å². The lowest BCUT2D eigenvalue weighted by molar-refractivity contribution is -0.118. The monoisotopic (exact) mass is 382 g/mol. The van der Waals surface area contributed by atoms with Gasteiger partial charge in [0.05, 0.1) is 0 Å². The zero-order chi connectivity index (χ0) is 20.4. The summed E-state index contributed by atoms with van der Waals surface area (Å²) in [5.41, 5.74) is 2.44. The Morgan fingerprint density at radius 3 is 2.25 bits per heavy atom. The van der Waals surface area contributed by atoms with E-state index in [4.69, 9.17) is 4.74 Å². The van der Waals surface area contributed by atoms with E-state index < -0.39 is 0 Å². The van der Waals surface area contributed by atoms with E-state index in [2.05, 4.69) is 26.1 Å². The van der Waals surface area contributed by atoms with Gasteiger partial charge < -0.3 is 15.0 Å². The first kappa shape index (κ1) is 21.5. The molecule has 0 aromatic heterocycles. The second-order valence-electron chi connectivity index (χ2n) is 6.71. The standard InChI is InChI=1S/C23H30N2O3/c1-4-14-25(15-5-2)23(27)19-10-12-20(13-11-19)24-22(26)17-28-21-9-7-8-18(6-3)16-21/h7-13,16H,4-6,14-15,17H2,1-3H3,(H,24,26). The number of ether oxygens (including phenoxy) is 1. The van der Waals surface area contributed by atoms with Crippen molar-refractivity contribution in [2.75, 3.05) is 25.0 Å². The summed E-state index contributed by atoms with van der Waals surface area (Å²) in [5.74, 6) is 0.475. The first-order valence-electron chi connectivity index (χ1n) is 9.98.